The minimum atomic E-state index is -0.382. The number of fused-ring (bicyclic) bond motifs is 1. The molecule has 144 valence electrons. The SMILES string of the molecule is Cc1ccc(Cn2c(NCCN(C)C)nc3c2c(=O)n(C)c(=O)n3C)cc1. The van der Waals surface area contributed by atoms with Gasteiger partial charge in [-0.2, -0.15) is 4.98 Å². The van der Waals surface area contributed by atoms with Gasteiger partial charge in [0.2, 0.25) is 5.95 Å². The van der Waals surface area contributed by atoms with E-state index >= 15 is 0 Å². The molecule has 0 aliphatic heterocycles. The molecule has 27 heavy (non-hydrogen) atoms. The summed E-state index contributed by atoms with van der Waals surface area (Å²) in [5.74, 6) is 0.589. The second-order valence-corrected chi connectivity index (χ2v) is 7.12. The number of aryl methyl sites for hydroxylation is 2. The Bertz CT molecular complexity index is 1070. The zero-order valence-corrected chi connectivity index (χ0v) is 16.5. The number of nitrogens with one attached hydrogen (secondary N) is 1. The summed E-state index contributed by atoms with van der Waals surface area (Å²) in [6.45, 7) is 4.04. The lowest BCUT2D eigenvalue weighted by atomic mass is 10.1. The summed E-state index contributed by atoms with van der Waals surface area (Å²) in [6, 6.07) is 8.16. The molecule has 0 bridgehead atoms. The Hall–Kier alpha value is -2.87. The average molecular weight is 370 g/mol. The first-order chi connectivity index (χ1) is 12.8. The number of anilines is 1. The van der Waals surface area contributed by atoms with Crippen LogP contribution in [0.3, 0.4) is 0 Å². The van der Waals surface area contributed by atoms with Gasteiger partial charge in [-0.1, -0.05) is 29.8 Å². The molecule has 2 aromatic heterocycles. The van der Waals surface area contributed by atoms with Crippen molar-refractivity contribution in [2.24, 2.45) is 14.1 Å². The zero-order valence-electron chi connectivity index (χ0n) is 16.5. The highest BCUT2D eigenvalue weighted by molar-refractivity contribution is 5.74. The topological polar surface area (TPSA) is 77.1 Å². The molecule has 1 aromatic carbocycles. The standard InChI is InChI=1S/C19H26N6O2/c1-13-6-8-14(9-7-13)12-25-15-16(21-18(25)20-10-11-22(2)3)23(4)19(27)24(5)17(15)26/h6-9H,10-12H2,1-5H3,(H,20,21). The zero-order chi connectivity index (χ0) is 19.7. The summed E-state index contributed by atoms with van der Waals surface area (Å²) in [7, 11) is 7.12. The first kappa shape index (κ1) is 18.9. The van der Waals surface area contributed by atoms with E-state index in [1.54, 1.807) is 7.05 Å². The maximum absolute atomic E-state index is 12.8. The molecular formula is C19H26N6O2. The lowest BCUT2D eigenvalue weighted by Gasteiger charge is -2.13. The van der Waals surface area contributed by atoms with Crippen LogP contribution in [-0.2, 0) is 20.6 Å². The Morgan fingerprint density at radius 1 is 1.07 bits per heavy atom. The van der Waals surface area contributed by atoms with Crippen molar-refractivity contribution < 1.29 is 0 Å². The summed E-state index contributed by atoms with van der Waals surface area (Å²) < 4.78 is 4.40. The third kappa shape index (κ3) is 3.66. The quantitative estimate of drug-likeness (QED) is 0.693. The summed E-state index contributed by atoms with van der Waals surface area (Å²) in [4.78, 5) is 31.7. The lowest BCUT2D eigenvalue weighted by molar-refractivity contribution is 0.424. The molecule has 0 amide bonds. The maximum Gasteiger partial charge on any atom is 0.332 e. The summed E-state index contributed by atoms with van der Waals surface area (Å²) in [6.07, 6.45) is 0. The van der Waals surface area contributed by atoms with Gasteiger partial charge in [-0.15, -0.1) is 0 Å². The van der Waals surface area contributed by atoms with E-state index in [1.807, 2.05) is 49.9 Å². The first-order valence-electron chi connectivity index (χ1n) is 8.90. The molecular weight excluding hydrogens is 344 g/mol. The van der Waals surface area contributed by atoms with Gasteiger partial charge < -0.3 is 10.2 Å². The minimum absolute atomic E-state index is 0.339. The number of nitrogens with zero attached hydrogens (tertiary/aromatic N) is 5. The molecule has 0 saturated heterocycles. The van der Waals surface area contributed by atoms with Crippen LogP contribution in [0.1, 0.15) is 11.1 Å². The molecule has 1 N–H and O–H groups in total. The second kappa shape index (κ2) is 7.40. The molecule has 0 fully saturated rings. The second-order valence-electron chi connectivity index (χ2n) is 7.12. The molecule has 3 aromatic rings. The third-order valence-electron chi connectivity index (χ3n) is 4.65. The van der Waals surface area contributed by atoms with E-state index in [0.717, 1.165) is 16.7 Å². The largest absolute Gasteiger partial charge is 0.354 e. The van der Waals surface area contributed by atoms with Crippen molar-refractivity contribution in [3.05, 3.63) is 56.2 Å². The van der Waals surface area contributed by atoms with Crippen LogP contribution in [0.4, 0.5) is 5.95 Å². The molecule has 0 atom stereocenters. The highest BCUT2D eigenvalue weighted by Gasteiger charge is 2.19. The van der Waals surface area contributed by atoms with Crippen LogP contribution in [0.25, 0.3) is 11.2 Å². The molecule has 3 rings (SSSR count). The van der Waals surface area contributed by atoms with Crippen LogP contribution in [0.15, 0.2) is 33.9 Å². The molecule has 0 radical (unpaired) electrons. The fraction of sp³-hybridized carbons (Fsp3) is 0.421. The normalized spacial score (nSPS) is 11.5. The number of hydrogen-bond donors (Lipinski definition) is 1. The van der Waals surface area contributed by atoms with Crippen molar-refractivity contribution in [2.45, 2.75) is 13.5 Å². The van der Waals surface area contributed by atoms with E-state index in [9.17, 15) is 9.59 Å². The van der Waals surface area contributed by atoms with Crippen molar-refractivity contribution in [3.63, 3.8) is 0 Å². The Morgan fingerprint density at radius 2 is 1.74 bits per heavy atom. The van der Waals surface area contributed by atoms with Gasteiger partial charge >= 0.3 is 5.69 Å². The molecule has 2 heterocycles. The monoisotopic (exact) mass is 370 g/mol. The lowest BCUT2D eigenvalue weighted by Crippen LogP contribution is -2.37. The van der Waals surface area contributed by atoms with Crippen molar-refractivity contribution in [3.8, 4) is 0 Å². The van der Waals surface area contributed by atoms with Gasteiger partial charge in [-0.25, -0.2) is 4.79 Å². The Balaban J connectivity index is 2.15. The van der Waals surface area contributed by atoms with Crippen molar-refractivity contribution >= 4 is 17.1 Å². The summed E-state index contributed by atoms with van der Waals surface area (Å²) in [5, 5.41) is 3.31. The molecule has 0 aliphatic carbocycles. The average Bonchev–Trinajstić information content (AvgIpc) is 2.98. The van der Waals surface area contributed by atoms with E-state index in [1.165, 1.54) is 17.2 Å². The van der Waals surface area contributed by atoms with Crippen LogP contribution in [0.2, 0.25) is 0 Å². The van der Waals surface area contributed by atoms with Gasteiger partial charge in [0.05, 0.1) is 6.54 Å². The predicted octanol–water partition coefficient (Wildman–Crippen LogP) is 0.764. The number of rotatable bonds is 6. The summed E-state index contributed by atoms with van der Waals surface area (Å²) in [5.41, 5.74) is 2.33. The van der Waals surface area contributed by atoms with Gasteiger partial charge in [0.15, 0.2) is 11.2 Å². The van der Waals surface area contributed by atoms with Gasteiger partial charge in [0.1, 0.15) is 0 Å². The van der Waals surface area contributed by atoms with Crippen LogP contribution < -0.4 is 16.6 Å². The number of hydrogen-bond acceptors (Lipinski definition) is 5. The van der Waals surface area contributed by atoms with Crippen molar-refractivity contribution in [1.82, 2.24) is 23.6 Å². The predicted molar refractivity (Wildman–Crippen MR) is 108 cm³/mol. The first-order valence-corrected chi connectivity index (χ1v) is 8.90. The molecule has 0 unspecified atom stereocenters. The van der Waals surface area contributed by atoms with Gasteiger partial charge in [-0.3, -0.25) is 18.5 Å². The Morgan fingerprint density at radius 3 is 2.37 bits per heavy atom. The minimum Gasteiger partial charge on any atom is -0.354 e. The number of likely N-dealkylation sites (N-methyl/N-ethyl adjacent to an activating group) is 1. The van der Waals surface area contributed by atoms with Gasteiger partial charge in [0.25, 0.3) is 5.56 Å². The van der Waals surface area contributed by atoms with Crippen LogP contribution in [-0.4, -0.2) is 50.8 Å². The molecule has 8 heteroatoms. The van der Waals surface area contributed by atoms with Crippen LogP contribution in [0.5, 0.6) is 0 Å². The number of imidazole rings is 1. The van der Waals surface area contributed by atoms with Crippen LogP contribution in [0, 0.1) is 6.92 Å². The van der Waals surface area contributed by atoms with E-state index in [-0.39, 0.29) is 11.2 Å². The molecule has 0 aliphatic rings. The van der Waals surface area contributed by atoms with Crippen molar-refractivity contribution in [2.75, 3.05) is 32.5 Å². The fourth-order valence-electron chi connectivity index (χ4n) is 3.00. The maximum atomic E-state index is 12.8. The third-order valence-corrected chi connectivity index (χ3v) is 4.65. The molecule has 8 nitrogen and oxygen atoms in total. The number of aromatic nitrogens is 4. The Labute approximate surface area is 157 Å². The molecule has 0 saturated carbocycles. The van der Waals surface area contributed by atoms with Crippen LogP contribution >= 0.6 is 0 Å². The Kier molecular flexibility index (Phi) is 5.18. The highest BCUT2D eigenvalue weighted by atomic mass is 16.2. The molecule has 0 spiro atoms. The summed E-state index contributed by atoms with van der Waals surface area (Å²) >= 11 is 0. The van der Waals surface area contributed by atoms with Crippen molar-refractivity contribution in [1.29, 1.82) is 0 Å². The smallest absolute Gasteiger partial charge is 0.332 e. The van der Waals surface area contributed by atoms with E-state index in [4.69, 9.17) is 0 Å². The number of benzene rings is 1. The highest BCUT2D eigenvalue weighted by Crippen LogP contribution is 2.18. The van der Waals surface area contributed by atoms with E-state index in [0.29, 0.717) is 30.2 Å². The van der Waals surface area contributed by atoms with E-state index < -0.39 is 0 Å². The fourth-order valence-corrected chi connectivity index (χ4v) is 3.00. The van der Waals surface area contributed by atoms with E-state index in [2.05, 4.69) is 15.2 Å². The van der Waals surface area contributed by atoms with Gasteiger partial charge in [0, 0.05) is 27.2 Å². The van der Waals surface area contributed by atoms with Gasteiger partial charge in [-0.05, 0) is 26.6 Å².